The number of carbonyl (C=O) groups excluding carboxylic acids is 1. The summed E-state index contributed by atoms with van der Waals surface area (Å²) in [6, 6.07) is 18.2. The molecule has 0 saturated heterocycles. The fourth-order valence-corrected chi connectivity index (χ4v) is 4.62. The number of carbonyl (C=O) groups is 1. The lowest BCUT2D eigenvalue weighted by Gasteiger charge is -2.11. The second kappa shape index (κ2) is 9.88. The average molecular weight is 455 g/mol. The first-order chi connectivity index (χ1) is 14.9. The van der Waals surface area contributed by atoms with Gasteiger partial charge in [0.15, 0.2) is 6.61 Å². The molecule has 0 aliphatic rings. The largest absolute Gasteiger partial charge is 0.479 e. The van der Waals surface area contributed by atoms with Gasteiger partial charge in [0.1, 0.15) is 16.0 Å². The molecule has 0 aliphatic heterocycles. The number of anilines is 1. The van der Waals surface area contributed by atoms with Crippen molar-refractivity contribution < 1.29 is 17.9 Å². The first-order valence-corrected chi connectivity index (χ1v) is 11.4. The first-order valence-electron chi connectivity index (χ1n) is 9.01. The highest BCUT2D eigenvalue weighted by molar-refractivity contribution is 7.94. The van der Waals surface area contributed by atoms with Crippen LogP contribution in [0.2, 0.25) is 0 Å². The molecule has 3 aromatic rings. The Labute approximate surface area is 183 Å². The molecule has 0 bridgehead atoms. The van der Waals surface area contributed by atoms with Gasteiger partial charge in [-0.3, -0.25) is 9.52 Å². The molecule has 158 valence electrons. The second-order valence-electron chi connectivity index (χ2n) is 6.19. The third-order valence-electron chi connectivity index (χ3n) is 4.08. The minimum atomic E-state index is -3.79. The van der Waals surface area contributed by atoms with Crippen LogP contribution in [0.3, 0.4) is 0 Å². The van der Waals surface area contributed by atoms with Gasteiger partial charge in [0.05, 0.1) is 17.0 Å². The van der Waals surface area contributed by atoms with E-state index in [1.54, 1.807) is 54.8 Å². The summed E-state index contributed by atoms with van der Waals surface area (Å²) in [7, 11) is -3.79. The van der Waals surface area contributed by atoms with Crippen LogP contribution in [-0.4, -0.2) is 26.6 Å². The van der Waals surface area contributed by atoms with E-state index in [4.69, 9.17) is 10.00 Å². The molecule has 1 amide bonds. The van der Waals surface area contributed by atoms with E-state index < -0.39 is 15.9 Å². The van der Waals surface area contributed by atoms with Crippen molar-refractivity contribution in [3.8, 4) is 11.8 Å². The zero-order valence-electron chi connectivity index (χ0n) is 16.4. The summed E-state index contributed by atoms with van der Waals surface area (Å²) in [6.07, 6.45) is 0. The summed E-state index contributed by atoms with van der Waals surface area (Å²) in [5.74, 6) is -0.00751. The van der Waals surface area contributed by atoms with Crippen molar-refractivity contribution >= 4 is 38.7 Å². The van der Waals surface area contributed by atoms with Crippen LogP contribution in [0, 0.1) is 11.3 Å². The van der Waals surface area contributed by atoms with Gasteiger partial charge in [-0.2, -0.15) is 10.4 Å². The molecule has 0 fully saturated rings. The maximum Gasteiger partial charge on any atom is 0.273 e. The molecule has 2 N–H and O–H groups in total. The number of nitrogens with one attached hydrogen (secondary N) is 2. The Bertz CT molecular complexity index is 1230. The van der Waals surface area contributed by atoms with E-state index in [1.807, 2.05) is 6.07 Å². The molecule has 0 unspecified atom stereocenters. The van der Waals surface area contributed by atoms with Crippen molar-refractivity contribution in [3.05, 3.63) is 77.2 Å². The van der Waals surface area contributed by atoms with Crippen molar-refractivity contribution in [2.45, 2.75) is 11.1 Å². The van der Waals surface area contributed by atoms with Crippen LogP contribution in [0.4, 0.5) is 5.69 Å². The van der Waals surface area contributed by atoms with Gasteiger partial charge in [0.25, 0.3) is 15.9 Å². The Kier molecular flexibility index (Phi) is 7.02. The molecular formula is C21H18N4O4S2. The molecule has 0 saturated carbocycles. The van der Waals surface area contributed by atoms with Crippen LogP contribution >= 0.6 is 11.3 Å². The molecule has 0 atom stereocenters. The van der Waals surface area contributed by atoms with Crippen LogP contribution in [0.1, 0.15) is 22.8 Å². The Balaban J connectivity index is 1.73. The molecule has 1 aromatic heterocycles. The Morgan fingerprint density at radius 1 is 1.13 bits per heavy atom. The highest BCUT2D eigenvalue weighted by Gasteiger charge is 2.19. The fraction of sp³-hybridized carbons (Fsp3) is 0.0952. The van der Waals surface area contributed by atoms with Gasteiger partial charge in [0.2, 0.25) is 0 Å². The summed E-state index contributed by atoms with van der Waals surface area (Å²) in [5.41, 5.74) is 4.03. The van der Waals surface area contributed by atoms with Crippen LogP contribution in [-0.2, 0) is 10.0 Å². The number of hydrogen-bond donors (Lipinski definition) is 2. The maximum atomic E-state index is 12.6. The third-order valence-corrected chi connectivity index (χ3v) is 6.84. The van der Waals surface area contributed by atoms with Crippen LogP contribution in [0.5, 0.6) is 5.75 Å². The number of para-hydroxylation sites is 1. The van der Waals surface area contributed by atoms with Gasteiger partial charge in [-0.15, -0.1) is 11.3 Å². The monoisotopic (exact) mass is 454 g/mol. The number of sulfonamides is 1. The van der Waals surface area contributed by atoms with Crippen molar-refractivity contribution in [1.29, 1.82) is 5.26 Å². The standard InChI is InChI=1S/C21H18N4O4S2/c1-15(16-8-10-17(11-9-16)29-13-12-22)23-24-21(26)18-5-2-3-6-19(18)25-31(27,28)20-7-4-14-30-20/h2-11,14,25H,13H2,1H3,(H,24,26). The highest BCUT2D eigenvalue weighted by Crippen LogP contribution is 2.23. The summed E-state index contributed by atoms with van der Waals surface area (Å²) < 4.78 is 32.8. The Morgan fingerprint density at radius 2 is 1.87 bits per heavy atom. The van der Waals surface area contributed by atoms with E-state index >= 15 is 0 Å². The number of benzene rings is 2. The van der Waals surface area contributed by atoms with Gasteiger partial charge in [-0.05, 0) is 60.3 Å². The number of thiophene rings is 1. The summed E-state index contributed by atoms with van der Waals surface area (Å²) in [6.45, 7) is 1.68. The summed E-state index contributed by atoms with van der Waals surface area (Å²) >= 11 is 1.08. The van der Waals surface area contributed by atoms with E-state index in [0.29, 0.717) is 11.5 Å². The topological polar surface area (TPSA) is 121 Å². The van der Waals surface area contributed by atoms with E-state index in [9.17, 15) is 13.2 Å². The highest BCUT2D eigenvalue weighted by atomic mass is 32.2. The van der Waals surface area contributed by atoms with Gasteiger partial charge < -0.3 is 4.74 Å². The van der Waals surface area contributed by atoms with E-state index in [-0.39, 0.29) is 22.1 Å². The number of hydrazone groups is 1. The van der Waals surface area contributed by atoms with Crippen LogP contribution in [0.15, 0.2) is 75.4 Å². The quantitative estimate of drug-likeness (QED) is 0.398. The maximum absolute atomic E-state index is 12.6. The second-order valence-corrected chi connectivity index (χ2v) is 9.05. The zero-order valence-corrected chi connectivity index (χ0v) is 18.0. The molecule has 10 heteroatoms. The fourth-order valence-electron chi connectivity index (χ4n) is 2.55. The Hall–Kier alpha value is -3.68. The summed E-state index contributed by atoms with van der Waals surface area (Å²) in [5, 5.41) is 14.3. The molecule has 8 nitrogen and oxygen atoms in total. The molecule has 0 radical (unpaired) electrons. The van der Waals surface area contributed by atoms with Crippen LogP contribution in [0.25, 0.3) is 0 Å². The molecular weight excluding hydrogens is 436 g/mol. The van der Waals surface area contributed by atoms with Gasteiger partial charge in [0, 0.05) is 0 Å². The molecule has 0 spiro atoms. The van der Waals surface area contributed by atoms with E-state index in [2.05, 4.69) is 15.2 Å². The van der Waals surface area contributed by atoms with Crippen molar-refractivity contribution in [1.82, 2.24) is 5.43 Å². The molecule has 31 heavy (non-hydrogen) atoms. The number of ether oxygens (including phenoxy) is 1. The lowest BCUT2D eigenvalue weighted by molar-refractivity contribution is 0.0955. The SMILES string of the molecule is CC(=NNC(=O)c1ccccc1NS(=O)(=O)c1cccs1)c1ccc(OCC#N)cc1. The molecule has 2 aromatic carbocycles. The lowest BCUT2D eigenvalue weighted by atomic mass is 10.1. The van der Waals surface area contributed by atoms with Gasteiger partial charge in [-0.25, -0.2) is 13.8 Å². The number of nitriles is 1. The third kappa shape index (κ3) is 5.69. The van der Waals surface area contributed by atoms with Crippen molar-refractivity contribution in [3.63, 3.8) is 0 Å². The number of nitrogens with zero attached hydrogens (tertiary/aromatic N) is 2. The number of rotatable bonds is 8. The van der Waals surface area contributed by atoms with Gasteiger partial charge in [-0.1, -0.05) is 18.2 Å². The predicted octanol–water partition coefficient (Wildman–Crippen LogP) is 3.61. The summed E-state index contributed by atoms with van der Waals surface area (Å²) in [4.78, 5) is 12.6. The molecule has 0 aliphatic carbocycles. The number of amides is 1. The molecule has 1 heterocycles. The van der Waals surface area contributed by atoms with Crippen LogP contribution < -0.4 is 14.9 Å². The number of hydrogen-bond acceptors (Lipinski definition) is 7. The zero-order chi connectivity index (χ0) is 22.3. The van der Waals surface area contributed by atoms with E-state index in [0.717, 1.165) is 16.9 Å². The van der Waals surface area contributed by atoms with Crippen molar-refractivity contribution in [2.24, 2.45) is 5.10 Å². The lowest BCUT2D eigenvalue weighted by Crippen LogP contribution is -2.22. The first kappa shape index (κ1) is 22.0. The molecule has 3 rings (SSSR count). The normalized spacial score (nSPS) is 11.4. The minimum absolute atomic E-state index is 0.0435. The van der Waals surface area contributed by atoms with E-state index in [1.165, 1.54) is 18.2 Å². The van der Waals surface area contributed by atoms with Crippen molar-refractivity contribution in [2.75, 3.05) is 11.3 Å². The predicted molar refractivity (Wildman–Crippen MR) is 119 cm³/mol. The van der Waals surface area contributed by atoms with Gasteiger partial charge >= 0.3 is 0 Å². The average Bonchev–Trinajstić information content (AvgIpc) is 3.32. The Morgan fingerprint density at radius 3 is 2.55 bits per heavy atom. The smallest absolute Gasteiger partial charge is 0.273 e. The minimum Gasteiger partial charge on any atom is -0.479 e.